The van der Waals surface area contributed by atoms with Crippen LogP contribution in [0, 0.1) is 12.7 Å². The van der Waals surface area contributed by atoms with Gasteiger partial charge in [-0.2, -0.15) is 0 Å². The Balaban J connectivity index is 1.73. The highest BCUT2D eigenvalue weighted by atomic mass is 32.1. The lowest BCUT2D eigenvalue weighted by Gasteiger charge is -2.17. The molecule has 0 spiro atoms. The Kier molecular flexibility index (Phi) is 10.6. The Morgan fingerprint density at radius 3 is 2.64 bits per heavy atom. The van der Waals surface area contributed by atoms with E-state index in [1.54, 1.807) is 63.9 Å². The Hall–Kier alpha value is -4.81. The molecule has 2 heterocycles. The predicted octanol–water partition coefficient (Wildman–Crippen LogP) is 4.33. The number of carbonyl (C=O) groups is 2. The van der Waals surface area contributed by atoms with E-state index in [1.807, 2.05) is 23.8 Å². The van der Waals surface area contributed by atoms with E-state index in [0.29, 0.717) is 29.1 Å². The number of alkyl halides is 1. The summed E-state index contributed by atoms with van der Waals surface area (Å²) >= 11 is 5.45. The zero-order valence-corrected chi connectivity index (χ0v) is 25.6. The molecule has 0 saturated carbocycles. The number of aliphatic imine (C=N–C) groups is 1. The molecule has 3 N–H and O–H groups in total. The number of nitrogens with zero attached hydrogens (tertiary/aromatic N) is 4. The van der Waals surface area contributed by atoms with E-state index in [4.69, 9.17) is 12.2 Å². The van der Waals surface area contributed by atoms with E-state index in [1.165, 1.54) is 23.2 Å². The van der Waals surface area contributed by atoms with Crippen molar-refractivity contribution in [3.05, 3.63) is 101 Å². The number of thiocarbonyl (C=S) groups is 1. The van der Waals surface area contributed by atoms with Gasteiger partial charge in [0.15, 0.2) is 0 Å². The number of aryl methyl sites for hydroxylation is 1. The molecule has 0 aliphatic carbocycles. The summed E-state index contributed by atoms with van der Waals surface area (Å²) in [4.78, 5) is 34.7. The highest BCUT2D eigenvalue weighted by Crippen LogP contribution is 2.25. The zero-order valence-electron chi connectivity index (χ0n) is 24.8. The quantitative estimate of drug-likeness (QED) is 0.100. The van der Waals surface area contributed by atoms with Crippen molar-refractivity contribution in [2.24, 2.45) is 4.99 Å². The molecule has 0 bridgehead atoms. The van der Waals surface area contributed by atoms with Gasteiger partial charge >= 0.3 is 0 Å². The first-order chi connectivity index (χ1) is 21.1. The normalized spacial score (nSPS) is 12.6. The van der Waals surface area contributed by atoms with Gasteiger partial charge in [0.25, 0.3) is 5.91 Å². The van der Waals surface area contributed by atoms with Crippen molar-refractivity contribution in [2.45, 2.75) is 19.4 Å². The van der Waals surface area contributed by atoms with Crippen molar-refractivity contribution in [2.75, 3.05) is 27.8 Å². The third-order valence-corrected chi connectivity index (χ3v) is 7.26. The molecule has 2 aromatic carbocycles. The summed E-state index contributed by atoms with van der Waals surface area (Å²) in [5.74, 6) is -0.140. The number of hydrogen-bond donors (Lipinski definition) is 3. The molecule has 0 radical (unpaired) electrons. The Labute approximate surface area is 259 Å². The molecular weight excluding hydrogens is 584 g/mol. The van der Waals surface area contributed by atoms with Crippen LogP contribution in [0.25, 0.3) is 22.3 Å². The van der Waals surface area contributed by atoms with Gasteiger partial charge < -0.3 is 25.4 Å². The molecule has 12 heteroatoms. The Morgan fingerprint density at radius 2 is 1.93 bits per heavy atom. The maximum absolute atomic E-state index is 13.9. The fourth-order valence-electron chi connectivity index (χ4n) is 4.58. The SMILES string of the molecule is CN[C@@H](CF)C(=S)NC(Cc1cncc(-n2cc(C)c3cc(F)ccc32)c1)=N/C=C(\NC=O)c1cccc(C(=O)N(C)C)c1. The van der Waals surface area contributed by atoms with Gasteiger partial charge in [-0.05, 0) is 61.5 Å². The fourth-order valence-corrected chi connectivity index (χ4v) is 4.88. The van der Waals surface area contributed by atoms with Gasteiger partial charge in [-0.1, -0.05) is 24.4 Å². The average molecular weight is 618 g/mol. The summed E-state index contributed by atoms with van der Waals surface area (Å²) in [6.07, 6.45) is 7.48. The number of hydrogen-bond acceptors (Lipinski definition) is 6. The number of nitrogens with one attached hydrogen (secondary N) is 3. The molecule has 4 rings (SSSR count). The molecule has 0 saturated heterocycles. The minimum Gasteiger partial charge on any atom is -0.345 e. The van der Waals surface area contributed by atoms with E-state index in [0.717, 1.165) is 27.7 Å². The van der Waals surface area contributed by atoms with Crippen LogP contribution in [0.1, 0.15) is 27.0 Å². The first-order valence-corrected chi connectivity index (χ1v) is 14.1. The van der Waals surface area contributed by atoms with Crippen LogP contribution >= 0.6 is 12.2 Å². The number of amidine groups is 1. The fraction of sp³-hybridized carbons (Fsp3) is 0.219. The molecule has 0 unspecified atom stereocenters. The molecule has 4 aromatic rings. The summed E-state index contributed by atoms with van der Waals surface area (Å²) in [6.45, 7) is 1.19. The number of benzene rings is 2. The molecule has 1 atom stereocenters. The minimum absolute atomic E-state index is 0.194. The van der Waals surface area contributed by atoms with Crippen LogP contribution in [0.2, 0.25) is 0 Å². The van der Waals surface area contributed by atoms with Gasteiger partial charge in [0.2, 0.25) is 6.41 Å². The van der Waals surface area contributed by atoms with Gasteiger partial charge in [0.1, 0.15) is 23.3 Å². The predicted molar refractivity (Wildman–Crippen MR) is 173 cm³/mol. The number of likely N-dealkylation sites (N-methyl/N-ethyl adjacent to an activating group) is 1. The number of fused-ring (bicyclic) bond motifs is 1. The van der Waals surface area contributed by atoms with Crippen LogP contribution in [0.5, 0.6) is 0 Å². The van der Waals surface area contributed by atoms with Crippen molar-refractivity contribution in [1.82, 2.24) is 30.4 Å². The van der Waals surface area contributed by atoms with Crippen molar-refractivity contribution in [3.63, 3.8) is 0 Å². The van der Waals surface area contributed by atoms with Gasteiger partial charge in [0, 0.05) is 49.4 Å². The summed E-state index contributed by atoms with van der Waals surface area (Å²) in [5.41, 5.74) is 4.60. The summed E-state index contributed by atoms with van der Waals surface area (Å²) in [6, 6.07) is 12.6. The third kappa shape index (κ3) is 7.57. The van der Waals surface area contributed by atoms with Gasteiger partial charge in [0.05, 0.1) is 35.3 Å². The smallest absolute Gasteiger partial charge is 0.253 e. The molecule has 2 amide bonds. The Bertz CT molecular complexity index is 1750. The van der Waals surface area contributed by atoms with E-state index in [2.05, 4.69) is 25.9 Å². The summed E-state index contributed by atoms with van der Waals surface area (Å²) in [7, 11) is 4.91. The standard InChI is InChI=1S/C32H33F2N7O2S/c1-20-18-41(29-9-8-24(34)13-26(20)29)25-10-21(15-36-16-25)11-30(39-31(44)27(14-33)35-2)37-17-28(38-19-42)22-6-5-7-23(12-22)32(43)40(3)4/h5-10,12-13,15-19,27,35H,11,14H2,1-4H3,(H,38,42)(H,37,39,44)/b28-17-/t27-/m0/s1. The molecule has 44 heavy (non-hydrogen) atoms. The van der Waals surface area contributed by atoms with Crippen molar-refractivity contribution < 1.29 is 18.4 Å². The first-order valence-electron chi connectivity index (χ1n) is 13.7. The number of amides is 2. The summed E-state index contributed by atoms with van der Waals surface area (Å²) in [5, 5.41) is 9.30. The lowest BCUT2D eigenvalue weighted by atomic mass is 10.1. The molecule has 228 valence electrons. The second-order valence-electron chi connectivity index (χ2n) is 10.2. The van der Waals surface area contributed by atoms with Crippen molar-refractivity contribution in [3.8, 4) is 5.69 Å². The summed E-state index contributed by atoms with van der Waals surface area (Å²) < 4.78 is 29.4. The first kappa shape index (κ1) is 32.1. The highest BCUT2D eigenvalue weighted by Gasteiger charge is 2.16. The van der Waals surface area contributed by atoms with E-state index in [-0.39, 0.29) is 23.1 Å². The lowest BCUT2D eigenvalue weighted by molar-refractivity contribution is -0.108. The highest BCUT2D eigenvalue weighted by molar-refractivity contribution is 7.80. The van der Waals surface area contributed by atoms with Crippen LogP contribution in [-0.4, -0.2) is 71.5 Å². The van der Waals surface area contributed by atoms with Crippen LogP contribution in [0.4, 0.5) is 8.78 Å². The maximum Gasteiger partial charge on any atom is 0.253 e. The molecule has 9 nitrogen and oxygen atoms in total. The molecule has 0 aliphatic heterocycles. The average Bonchev–Trinajstić information content (AvgIpc) is 3.34. The third-order valence-electron chi connectivity index (χ3n) is 6.87. The number of pyridine rings is 1. The van der Waals surface area contributed by atoms with Gasteiger partial charge in [-0.3, -0.25) is 14.6 Å². The monoisotopic (exact) mass is 617 g/mol. The zero-order chi connectivity index (χ0) is 31.8. The largest absolute Gasteiger partial charge is 0.345 e. The molecule has 2 aromatic heterocycles. The molecular formula is C32H33F2N7O2S. The molecule has 0 fully saturated rings. The van der Waals surface area contributed by atoms with Gasteiger partial charge in [-0.25, -0.2) is 13.8 Å². The Morgan fingerprint density at radius 1 is 1.16 bits per heavy atom. The van der Waals surface area contributed by atoms with E-state index < -0.39 is 12.7 Å². The number of aromatic nitrogens is 2. The van der Waals surface area contributed by atoms with E-state index >= 15 is 0 Å². The van der Waals surface area contributed by atoms with Crippen LogP contribution in [-0.2, 0) is 11.2 Å². The number of rotatable bonds is 11. The number of carbonyl (C=O) groups excluding carboxylic acids is 2. The van der Waals surface area contributed by atoms with Crippen LogP contribution in [0.3, 0.4) is 0 Å². The van der Waals surface area contributed by atoms with Gasteiger partial charge in [-0.15, -0.1) is 0 Å². The van der Waals surface area contributed by atoms with Crippen LogP contribution < -0.4 is 16.0 Å². The number of halogens is 2. The van der Waals surface area contributed by atoms with Crippen molar-refractivity contribution >= 4 is 52.0 Å². The second kappa shape index (κ2) is 14.6. The minimum atomic E-state index is -0.737. The second-order valence-corrected chi connectivity index (χ2v) is 10.7. The lowest BCUT2D eigenvalue weighted by Crippen LogP contribution is -2.45. The maximum atomic E-state index is 13.9. The van der Waals surface area contributed by atoms with E-state index in [9.17, 15) is 18.4 Å². The topological polar surface area (TPSA) is 104 Å². The molecule has 0 aliphatic rings. The van der Waals surface area contributed by atoms with Crippen LogP contribution in [0.15, 0.2) is 78.3 Å². The van der Waals surface area contributed by atoms with Crippen molar-refractivity contribution in [1.29, 1.82) is 0 Å².